The molecule has 0 saturated carbocycles. The van der Waals surface area contributed by atoms with Crippen LogP contribution in [-0.2, 0) is 24.8 Å². The Morgan fingerprint density at radius 3 is 2.58 bits per heavy atom. The zero-order chi connectivity index (χ0) is 24.8. The average Bonchev–Trinajstić information content (AvgIpc) is 3.14. The minimum Gasteiger partial charge on any atom is -0.444 e. The van der Waals surface area contributed by atoms with Crippen molar-refractivity contribution in [1.29, 1.82) is 5.26 Å². The molecule has 1 aromatic carbocycles. The van der Waals surface area contributed by atoms with Gasteiger partial charge in [-0.05, 0) is 46.8 Å². The van der Waals surface area contributed by atoms with E-state index in [1.165, 1.54) is 13.8 Å². The second kappa shape index (κ2) is 8.11. The van der Waals surface area contributed by atoms with Crippen LogP contribution < -0.4 is 10.6 Å². The van der Waals surface area contributed by atoms with Crippen molar-refractivity contribution in [3.63, 3.8) is 0 Å². The van der Waals surface area contributed by atoms with Gasteiger partial charge in [-0.15, -0.1) is 10.2 Å². The summed E-state index contributed by atoms with van der Waals surface area (Å²) in [6, 6.07) is 2.28. The molecule has 11 nitrogen and oxygen atoms in total. The molecule has 1 aromatic heterocycles. The van der Waals surface area contributed by atoms with Crippen LogP contribution in [0.15, 0.2) is 21.4 Å². The van der Waals surface area contributed by atoms with Crippen molar-refractivity contribution in [2.24, 2.45) is 0 Å². The van der Waals surface area contributed by atoms with E-state index in [2.05, 4.69) is 20.8 Å². The largest absolute Gasteiger partial charge is 0.444 e. The van der Waals surface area contributed by atoms with Crippen LogP contribution in [-0.4, -0.2) is 48.0 Å². The number of anilines is 1. The lowest BCUT2D eigenvalue weighted by molar-refractivity contribution is -0.117. The van der Waals surface area contributed by atoms with Crippen LogP contribution >= 0.6 is 0 Å². The Kier molecular flexibility index (Phi) is 5.93. The van der Waals surface area contributed by atoms with Gasteiger partial charge in [-0.1, -0.05) is 0 Å². The second-order valence-corrected chi connectivity index (χ2v) is 10.9. The Bertz CT molecular complexity index is 1270. The lowest BCUT2D eigenvalue weighted by Gasteiger charge is -2.22. The molecular formula is C20H22FN5O6S. The van der Waals surface area contributed by atoms with Crippen molar-refractivity contribution in [3.05, 3.63) is 23.8 Å². The fraction of sp³-hybridized carbons (Fsp3) is 0.450. The minimum atomic E-state index is -4.20. The summed E-state index contributed by atoms with van der Waals surface area (Å²) in [6.07, 6.45) is -0.978. The summed E-state index contributed by atoms with van der Waals surface area (Å²) < 4.78 is 51.0. The van der Waals surface area contributed by atoms with Crippen LogP contribution in [0.3, 0.4) is 0 Å². The Morgan fingerprint density at radius 2 is 1.97 bits per heavy atom. The first-order chi connectivity index (χ1) is 15.1. The molecule has 2 N–H and O–H groups in total. The number of hydrogen-bond acceptors (Lipinski definition) is 9. The molecule has 13 heteroatoms. The van der Waals surface area contributed by atoms with Crippen molar-refractivity contribution in [2.75, 3.05) is 11.1 Å². The van der Waals surface area contributed by atoms with Crippen molar-refractivity contribution >= 4 is 27.5 Å². The SMILES string of the molecule is CC(C)(C)OC(=O)N[C@H]1CS(=O)(=O)c2cc(F)c(-c3nnc(C(C)(C)C#N)o3)cc2NC1=O. The van der Waals surface area contributed by atoms with E-state index in [4.69, 9.17) is 9.15 Å². The van der Waals surface area contributed by atoms with Crippen LogP contribution in [0.1, 0.15) is 40.5 Å². The van der Waals surface area contributed by atoms with Gasteiger partial charge in [0, 0.05) is 0 Å². The molecule has 0 fully saturated rings. The highest BCUT2D eigenvalue weighted by atomic mass is 32.2. The van der Waals surface area contributed by atoms with Crippen LogP contribution in [0.2, 0.25) is 0 Å². The first-order valence-electron chi connectivity index (χ1n) is 9.75. The number of benzene rings is 1. The van der Waals surface area contributed by atoms with Gasteiger partial charge in [-0.2, -0.15) is 5.26 Å². The molecule has 1 aliphatic rings. The molecule has 2 heterocycles. The maximum absolute atomic E-state index is 14.9. The average molecular weight is 479 g/mol. The van der Waals surface area contributed by atoms with Crippen molar-refractivity contribution in [1.82, 2.24) is 15.5 Å². The molecule has 176 valence electrons. The van der Waals surface area contributed by atoms with Crippen LogP contribution in [0, 0.1) is 17.1 Å². The number of ether oxygens (including phenoxy) is 1. The number of hydrogen-bond donors (Lipinski definition) is 2. The van der Waals surface area contributed by atoms with E-state index in [0.29, 0.717) is 0 Å². The molecular weight excluding hydrogens is 457 g/mol. The van der Waals surface area contributed by atoms with Gasteiger partial charge in [-0.25, -0.2) is 17.6 Å². The quantitative estimate of drug-likeness (QED) is 0.672. The summed E-state index contributed by atoms with van der Waals surface area (Å²) in [7, 11) is -4.20. The van der Waals surface area contributed by atoms with Crippen LogP contribution in [0.4, 0.5) is 14.9 Å². The summed E-state index contributed by atoms with van der Waals surface area (Å²) in [5.41, 5.74) is -2.49. The van der Waals surface area contributed by atoms with Gasteiger partial charge in [0.2, 0.25) is 11.8 Å². The number of nitriles is 1. The summed E-state index contributed by atoms with van der Waals surface area (Å²) in [4.78, 5) is 24.2. The number of carbonyl (C=O) groups excluding carboxylic acids is 2. The zero-order valence-electron chi connectivity index (χ0n) is 18.5. The first kappa shape index (κ1) is 24.1. The van der Waals surface area contributed by atoms with Crippen molar-refractivity contribution in [2.45, 2.75) is 56.6 Å². The van der Waals surface area contributed by atoms with E-state index in [0.717, 1.165) is 12.1 Å². The number of fused-ring (bicyclic) bond motifs is 1. The van der Waals surface area contributed by atoms with Gasteiger partial charge >= 0.3 is 6.09 Å². The molecule has 0 aliphatic carbocycles. The number of nitrogens with zero attached hydrogens (tertiary/aromatic N) is 3. The van der Waals surface area contributed by atoms with Gasteiger partial charge in [-0.3, -0.25) is 4.79 Å². The topological polar surface area (TPSA) is 164 Å². The fourth-order valence-corrected chi connectivity index (χ4v) is 4.45. The summed E-state index contributed by atoms with van der Waals surface area (Å²) in [5, 5.41) is 21.3. The molecule has 0 bridgehead atoms. The van der Waals surface area contributed by atoms with Crippen molar-refractivity contribution in [3.8, 4) is 17.5 Å². The van der Waals surface area contributed by atoms with Crippen LogP contribution in [0.5, 0.6) is 0 Å². The Labute approximate surface area is 189 Å². The molecule has 0 spiro atoms. The highest BCUT2D eigenvalue weighted by molar-refractivity contribution is 7.91. The smallest absolute Gasteiger partial charge is 0.408 e. The van der Waals surface area contributed by atoms with Gasteiger partial charge in [0.05, 0.1) is 28.0 Å². The van der Waals surface area contributed by atoms with E-state index < -0.39 is 55.4 Å². The van der Waals surface area contributed by atoms with E-state index >= 15 is 0 Å². The summed E-state index contributed by atoms with van der Waals surface area (Å²) >= 11 is 0. The van der Waals surface area contributed by atoms with E-state index in [1.807, 2.05) is 6.07 Å². The predicted molar refractivity (Wildman–Crippen MR) is 112 cm³/mol. The number of rotatable bonds is 3. The lowest BCUT2D eigenvalue weighted by atomic mass is 9.96. The molecule has 0 radical (unpaired) electrons. The molecule has 3 rings (SSSR count). The lowest BCUT2D eigenvalue weighted by Crippen LogP contribution is -2.48. The number of aromatic nitrogens is 2. The number of sulfone groups is 1. The van der Waals surface area contributed by atoms with Gasteiger partial charge in [0.15, 0.2) is 9.84 Å². The molecule has 33 heavy (non-hydrogen) atoms. The third-order valence-electron chi connectivity index (χ3n) is 4.53. The summed E-state index contributed by atoms with van der Waals surface area (Å²) in [6.45, 7) is 7.89. The Hall–Kier alpha value is -3.53. The van der Waals surface area contributed by atoms with Gasteiger partial charge < -0.3 is 19.8 Å². The Morgan fingerprint density at radius 1 is 1.30 bits per heavy atom. The maximum Gasteiger partial charge on any atom is 0.408 e. The molecule has 2 amide bonds. The third kappa shape index (κ3) is 5.11. The second-order valence-electron chi connectivity index (χ2n) is 8.95. The van der Waals surface area contributed by atoms with Crippen LogP contribution in [0.25, 0.3) is 11.5 Å². The number of nitrogens with one attached hydrogen (secondary N) is 2. The van der Waals surface area contributed by atoms with E-state index in [-0.39, 0.29) is 23.0 Å². The maximum atomic E-state index is 14.9. The zero-order valence-corrected chi connectivity index (χ0v) is 19.3. The number of halogens is 1. The minimum absolute atomic E-state index is 0.0624. The molecule has 0 saturated heterocycles. The van der Waals surface area contributed by atoms with E-state index in [9.17, 15) is 27.7 Å². The van der Waals surface area contributed by atoms with Gasteiger partial charge in [0.25, 0.3) is 5.89 Å². The van der Waals surface area contributed by atoms with E-state index in [1.54, 1.807) is 20.8 Å². The highest BCUT2D eigenvalue weighted by Gasteiger charge is 2.36. The predicted octanol–water partition coefficient (Wildman–Crippen LogP) is 2.30. The highest BCUT2D eigenvalue weighted by Crippen LogP contribution is 2.34. The first-order valence-corrected chi connectivity index (χ1v) is 11.4. The molecule has 1 aliphatic heterocycles. The monoisotopic (exact) mass is 479 g/mol. The van der Waals surface area contributed by atoms with Gasteiger partial charge in [0.1, 0.15) is 22.9 Å². The fourth-order valence-electron chi connectivity index (χ4n) is 2.87. The number of alkyl carbamates (subject to hydrolysis) is 1. The molecule has 1 atom stereocenters. The Balaban J connectivity index is 1.97. The standard InChI is InChI=1S/C20H22FN5O6S/c1-19(2,3)32-18(28)24-13-8-33(29,30)14-7-11(21)10(6-12(14)23-15(13)27)16-25-26-17(31-16)20(4,5)9-22/h6-7,13H,8H2,1-5H3,(H,23,27)(H,24,28)/t13-/m0/s1. The number of amides is 2. The number of carbonyl (C=O) groups is 2. The summed E-state index contributed by atoms with van der Waals surface area (Å²) in [5.74, 6) is -2.99. The molecule has 0 unspecified atom stereocenters. The molecule has 2 aromatic rings. The third-order valence-corrected chi connectivity index (χ3v) is 6.31. The van der Waals surface area contributed by atoms with Crippen molar-refractivity contribution < 1.29 is 31.6 Å². The normalized spacial score (nSPS) is 17.8.